The van der Waals surface area contributed by atoms with Gasteiger partial charge in [-0.2, -0.15) is 11.8 Å². The topological polar surface area (TPSA) is 58.1 Å². The zero-order valence-corrected chi connectivity index (χ0v) is 13.9. The first-order valence-electron chi connectivity index (χ1n) is 6.52. The van der Waals surface area contributed by atoms with Gasteiger partial charge in [0.2, 0.25) is 0 Å². The fourth-order valence-electron chi connectivity index (χ4n) is 1.78. The highest BCUT2D eigenvalue weighted by Gasteiger charge is 2.15. The smallest absolute Gasteiger partial charge is 0.321 e. The lowest BCUT2D eigenvalue weighted by Crippen LogP contribution is -2.39. The first-order chi connectivity index (χ1) is 10.1. The quantitative estimate of drug-likeness (QED) is 0.916. The zero-order valence-electron chi connectivity index (χ0n) is 12.2. The van der Waals surface area contributed by atoms with E-state index in [1.807, 2.05) is 49.9 Å². The number of nitrogens with zero attached hydrogens (tertiary/aromatic N) is 3. The van der Waals surface area contributed by atoms with Gasteiger partial charge in [-0.05, 0) is 36.8 Å². The van der Waals surface area contributed by atoms with E-state index in [2.05, 4.69) is 14.9 Å². The van der Waals surface area contributed by atoms with Gasteiger partial charge in [-0.3, -0.25) is 0 Å². The molecule has 1 heterocycles. The Balaban J connectivity index is 1.98. The summed E-state index contributed by atoms with van der Waals surface area (Å²) in [6.07, 6.45) is 2.04. The number of benzene rings is 1. The second-order valence-corrected chi connectivity index (χ2v) is 6.23. The Kier molecular flexibility index (Phi) is 5.58. The number of carbonyl (C=O) groups excluding carboxylic acids is 1. The van der Waals surface area contributed by atoms with E-state index in [1.54, 1.807) is 16.7 Å². The number of amides is 2. The molecule has 2 rings (SSSR count). The van der Waals surface area contributed by atoms with Crippen LogP contribution in [0.2, 0.25) is 0 Å². The predicted octanol–water partition coefficient (Wildman–Crippen LogP) is 3.42. The Bertz CT molecular complexity index is 571. The number of hydrogen-bond acceptors (Lipinski definition) is 5. The van der Waals surface area contributed by atoms with Gasteiger partial charge in [-0.25, -0.2) is 4.79 Å². The summed E-state index contributed by atoms with van der Waals surface area (Å²) in [6, 6.07) is 7.70. The Morgan fingerprint density at radius 3 is 2.71 bits per heavy atom. The van der Waals surface area contributed by atoms with Crippen LogP contribution in [0.3, 0.4) is 0 Å². The van der Waals surface area contributed by atoms with Crippen LogP contribution in [0.15, 0.2) is 29.6 Å². The van der Waals surface area contributed by atoms with Crippen LogP contribution in [-0.4, -0.2) is 45.6 Å². The first kappa shape index (κ1) is 15.8. The largest absolute Gasteiger partial charge is 0.324 e. The third kappa shape index (κ3) is 4.18. The second kappa shape index (κ2) is 7.42. The van der Waals surface area contributed by atoms with Gasteiger partial charge >= 0.3 is 6.03 Å². The van der Waals surface area contributed by atoms with E-state index in [1.165, 1.54) is 11.5 Å². The zero-order chi connectivity index (χ0) is 15.2. The van der Waals surface area contributed by atoms with Gasteiger partial charge in [0.1, 0.15) is 5.69 Å². The summed E-state index contributed by atoms with van der Waals surface area (Å²) in [5, 5.41) is 8.81. The van der Waals surface area contributed by atoms with Crippen LogP contribution in [0, 0.1) is 0 Å². The Hall–Kier alpha value is -1.60. The Labute approximate surface area is 132 Å². The molecular weight excluding hydrogens is 304 g/mol. The van der Waals surface area contributed by atoms with E-state index < -0.39 is 0 Å². The first-order valence-corrected chi connectivity index (χ1v) is 8.75. The SMILES string of the molecule is CSCC(C)N(C)C(=O)Nc1ccc(-c2csnn2)cc1. The average Bonchev–Trinajstić information content (AvgIpc) is 3.01. The molecule has 1 aromatic carbocycles. The van der Waals surface area contributed by atoms with Crippen molar-refractivity contribution in [2.45, 2.75) is 13.0 Å². The van der Waals surface area contributed by atoms with Crippen LogP contribution >= 0.6 is 23.3 Å². The summed E-state index contributed by atoms with van der Waals surface area (Å²) >= 11 is 3.05. The monoisotopic (exact) mass is 322 g/mol. The number of rotatable bonds is 5. The minimum atomic E-state index is -0.0976. The number of nitrogens with one attached hydrogen (secondary N) is 1. The molecular formula is C14H18N4OS2. The molecule has 7 heteroatoms. The van der Waals surface area contributed by atoms with Gasteiger partial charge in [0.05, 0.1) is 0 Å². The molecule has 0 spiro atoms. The Morgan fingerprint density at radius 1 is 1.43 bits per heavy atom. The molecule has 0 radical (unpaired) electrons. The van der Waals surface area contributed by atoms with Crippen molar-refractivity contribution in [1.29, 1.82) is 0 Å². The summed E-state index contributed by atoms with van der Waals surface area (Å²) in [7, 11) is 1.81. The predicted molar refractivity (Wildman–Crippen MR) is 90.0 cm³/mol. The van der Waals surface area contributed by atoms with Crippen LogP contribution in [0.4, 0.5) is 10.5 Å². The van der Waals surface area contributed by atoms with Crippen LogP contribution in [0.1, 0.15) is 6.92 Å². The summed E-state index contributed by atoms with van der Waals surface area (Å²) in [4.78, 5) is 13.8. The van der Waals surface area contributed by atoms with Crippen molar-refractivity contribution >= 4 is 35.0 Å². The molecule has 0 fully saturated rings. The van der Waals surface area contributed by atoms with Crippen molar-refractivity contribution in [3.8, 4) is 11.3 Å². The minimum absolute atomic E-state index is 0.0976. The van der Waals surface area contributed by atoms with Crippen LogP contribution in [-0.2, 0) is 0 Å². The van der Waals surface area contributed by atoms with E-state index in [-0.39, 0.29) is 12.1 Å². The van der Waals surface area contributed by atoms with Crippen LogP contribution < -0.4 is 5.32 Å². The fraction of sp³-hybridized carbons (Fsp3) is 0.357. The number of thioether (sulfide) groups is 1. The van der Waals surface area contributed by atoms with E-state index in [0.29, 0.717) is 0 Å². The molecule has 1 N–H and O–H groups in total. The number of aromatic nitrogens is 2. The minimum Gasteiger partial charge on any atom is -0.324 e. The average molecular weight is 322 g/mol. The molecule has 0 aliphatic heterocycles. The lowest BCUT2D eigenvalue weighted by molar-refractivity contribution is 0.212. The molecule has 1 atom stereocenters. The van der Waals surface area contributed by atoms with Crippen LogP contribution in [0.25, 0.3) is 11.3 Å². The van der Waals surface area contributed by atoms with Crippen molar-refractivity contribution in [2.24, 2.45) is 0 Å². The normalized spacial score (nSPS) is 12.0. The van der Waals surface area contributed by atoms with E-state index in [0.717, 1.165) is 22.7 Å². The summed E-state index contributed by atoms with van der Waals surface area (Å²) in [5.41, 5.74) is 2.62. The van der Waals surface area contributed by atoms with Gasteiger partial charge in [-0.15, -0.1) is 5.10 Å². The fourth-order valence-corrected chi connectivity index (χ4v) is 2.95. The van der Waals surface area contributed by atoms with E-state index in [4.69, 9.17) is 0 Å². The maximum absolute atomic E-state index is 12.1. The van der Waals surface area contributed by atoms with Crippen molar-refractivity contribution in [3.63, 3.8) is 0 Å². The summed E-state index contributed by atoms with van der Waals surface area (Å²) < 4.78 is 3.84. The molecule has 0 saturated heterocycles. The number of hydrogen-bond donors (Lipinski definition) is 1. The molecule has 0 aliphatic rings. The summed E-state index contributed by atoms with van der Waals surface area (Å²) in [5.74, 6) is 0.916. The van der Waals surface area contributed by atoms with Crippen molar-refractivity contribution in [1.82, 2.24) is 14.5 Å². The number of urea groups is 1. The van der Waals surface area contributed by atoms with E-state index in [9.17, 15) is 4.79 Å². The highest BCUT2D eigenvalue weighted by atomic mass is 32.2. The Morgan fingerprint density at radius 2 is 2.14 bits per heavy atom. The molecule has 2 aromatic rings. The number of anilines is 1. The lowest BCUT2D eigenvalue weighted by Gasteiger charge is -2.24. The van der Waals surface area contributed by atoms with Gasteiger partial charge in [-0.1, -0.05) is 16.6 Å². The third-order valence-electron chi connectivity index (χ3n) is 3.18. The molecule has 2 amide bonds. The lowest BCUT2D eigenvalue weighted by atomic mass is 10.1. The van der Waals surface area contributed by atoms with Gasteiger partial charge in [0.25, 0.3) is 0 Å². The van der Waals surface area contributed by atoms with Crippen LogP contribution in [0.5, 0.6) is 0 Å². The third-order valence-corrected chi connectivity index (χ3v) is 4.50. The van der Waals surface area contributed by atoms with E-state index >= 15 is 0 Å². The molecule has 5 nitrogen and oxygen atoms in total. The summed E-state index contributed by atoms with van der Waals surface area (Å²) in [6.45, 7) is 2.04. The van der Waals surface area contributed by atoms with Crippen molar-refractivity contribution < 1.29 is 4.79 Å². The molecule has 112 valence electrons. The van der Waals surface area contributed by atoms with Gasteiger partial charge in [0, 0.05) is 35.5 Å². The highest BCUT2D eigenvalue weighted by Crippen LogP contribution is 2.20. The molecule has 0 aliphatic carbocycles. The number of carbonyl (C=O) groups is 1. The van der Waals surface area contributed by atoms with Crippen molar-refractivity contribution in [2.75, 3.05) is 24.4 Å². The molecule has 0 bridgehead atoms. The maximum Gasteiger partial charge on any atom is 0.321 e. The molecule has 1 unspecified atom stereocenters. The van der Waals surface area contributed by atoms with Crippen molar-refractivity contribution in [3.05, 3.63) is 29.6 Å². The van der Waals surface area contributed by atoms with Gasteiger partial charge < -0.3 is 10.2 Å². The second-order valence-electron chi connectivity index (χ2n) is 4.71. The standard InChI is InChI=1S/C14H18N4OS2/c1-10(8-20-3)18(2)14(19)15-12-6-4-11(5-7-12)13-9-21-17-16-13/h4-7,9-10H,8H2,1-3H3,(H,15,19). The highest BCUT2D eigenvalue weighted by molar-refractivity contribution is 7.98. The molecule has 21 heavy (non-hydrogen) atoms. The molecule has 0 saturated carbocycles. The molecule has 1 aromatic heterocycles. The maximum atomic E-state index is 12.1. The van der Waals surface area contributed by atoms with Gasteiger partial charge in [0.15, 0.2) is 0 Å².